The molecule has 0 saturated carbocycles. The van der Waals surface area contributed by atoms with Gasteiger partial charge in [-0.2, -0.15) is 0 Å². The third-order valence-corrected chi connectivity index (χ3v) is 4.31. The maximum atomic E-state index is 12.7. The van der Waals surface area contributed by atoms with Crippen LogP contribution in [0.2, 0.25) is 0 Å². The van der Waals surface area contributed by atoms with Gasteiger partial charge in [0.1, 0.15) is 18.1 Å². The van der Waals surface area contributed by atoms with Crippen molar-refractivity contribution >= 4 is 22.9 Å². The molecule has 0 aliphatic carbocycles. The first kappa shape index (κ1) is 16.8. The molecule has 0 spiro atoms. The maximum absolute atomic E-state index is 12.7. The topological polar surface area (TPSA) is 93.0 Å². The molecule has 7 nitrogen and oxygen atoms in total. The van der Waals surface area contributed by atoms with Crippen molar-refractivity contribution in [1.82, 2.24) is 15.1 Å². The molecule has 0 unspecified atom stereocenters. The van der Waals surface area contributed by atoms with E-state index < -0.39 is 0 Å². The van der Waals surface area contributed by atoms with E-state index in [1.165, 1.54) is 0 Å². The fourth-order valence-corrected chi connectivity index (χ4v) is 2.82. The van der Waals surface area contributed by atoms with Crippen molar-refractivity contribution in [2.75, 3.05) is 5.32 Å². The quantitative estimate of drug-likeness (QED) is 0.560. The molecule has 2 heterocycles. The zero-order valence-electron chi connectivity index (χ0n) is 14.9. The van der Waals surface area contributed by atoms with Gasteiger partial charge in [-0.3, -0.25) is 10.1 Å². The molecule has 27 heavy (non-hydrogen) atoms. The number of nitrogens with one attached hydrogen (secondary N) is 2. The number of para-hydroxylation sites is 3. The summed E-state index contributed by atoms with van der Waals surface area (Å²) in [5, 5.41) is 6.70. The summed E-state index contributed by atoms with van der Waals surface area (Å²) in [7, 11) is 0. The van der Waals surface area contributed by atoms with Gasteiger partial charge in [-0.25, -0.2) is 4.98 Å². The number of aromatic nitrogens is 3. The van der Waals surface area contributed by atoms with Crippen molar-refractivity contribution in [3.8, 4) is 5.75 Å². The molecular formula is C20H18N4O3. The van der Waals surface area contributed by atoms with Gasteiger partial charge in [0.15, 0.2) is 0 Å². The number of anilines is 1. The first-order chi connectivity index (χ1) is 13.1. The van der Waals surface area contributed by atoms with Crippen LogP contribution >= 0.6 is 0 Å². The molecule has 4 aromatic rings. The molecule has 1 amide bonds. The van der Waals surface area contributed by atoms with Gasteiger partial charge in [0.05, 0.1) is 27.9 Å². The number of hydrogen-bond acceptors (Lipinski definition) is 5. The number of carbonyl (C=O) groups is 1. The average Bonchev–Trinajstić information content (AvgIpc) is 3.22. The van der Waals surface area contributed by atoms with Crippen LogP contribution in [0.1, 0.15) is 27.4 Å². The van der Waals surface area contributed by atoms with Crippen LogP contribution in [0.25, 0.3) is 11.0 Å². The molecule has 2 N–H and O–H groups in total. The second-order valence-corrected chi connectivity index (χ2v) is 6.14. The molecule has 136 valence electrons. The number of aromatic amines is 1. The minimum atomic E-state index is -0.302. The van der Waals surface area contributed by atoms with Gasteiger partial charge in [0, 0.05) is 0 Å². The number of nitrogens with zero attached hydrogens (tertiary/aromatic N) is 2. The van der Waals surface area contributed by atoms with Gasteiger partial charge >= 0.3 is 0 Å². The van der Waals surface area contributed by atoms with Gasteiger partial charge in [-0.15, -0.1) is 0 Å². The molecule has 0 radical (unpaired) electrons. The zero-order chi connectivity index (χ0) is 18.8. The highest BCUT2D eigenvalue weighted by atomic mass is 16.5. The van der Waals surface area contributed by atoms with Gasteiger partial charge in [-0.05, 0) is 38.1 Å². The standard InChI is InChI=1S/C20H18N4O3/c1-12-15(13(2)27-24-12)11-26-18-10-6-3-7-14(18)19(25)23-20-21-16-8-4-5-9-17(16)22-20/h3-10H,11H2,1-2H3,(H2,21,22,23,25). The van der Waals surface area contributed by atoms with Crippen molar-refractivity contribution in [2.24, 2.45) is 0 Å². The Morgan fingerprint density at radius 1 is 1.15 bits per heavy atom. The van der Waals surface area contributed by atoms with E-state index in [1.54, 1.807) is 18.2 Å². The summed E-state index contributed by atoms with van der Waals surface area (Å²) >= 11 is 0. The molecule has 2 aromatic carbocycles. The van der Waals surface area contributed by atoms with Crippen LogP contribution in [-0.2, 0) is 6.61 Å². The number of imidazole rings is 1. The Morgan fingerprint density at radius 2 is 1.93 bits per heavy atom. The third-order valence-electron chi connectivity index (χ3n) is 4.31. The Hall–Kier alpha value is -3.61. The molecule has 0 aliphatic heterocycles. The molecule has 0 aliphatic rings. The highest BCUT2D eigenvalue weighted by Gasteiger charge is 2.16. The van der Waals surface area contributed by atoms with Gasteiger partial charge in [0.25, 0.3) is 5.91 Å². The number of fused-ring (bicyclic) bond motifs is 1. The van der Waals surface area contributed by atoms with Crippen LogP contribution in [0, 0.1) is 13.8 Å². The summed E-state index contributed by atoms with van der Waals surface area (Å²) in [6.45, 7) is 3.96. The number of carbonyl (C=O) groups excluding carboxylic acids is 1. The molecule has 0 fully saturated rings. The lowest BCUT2D eigenvalue weighted by atomic mass is 10.2. The van der Waals surface area contributed by atoms with E-state index in [2.05, 4.69) is 20.4 Å². The lowest BCUT2D eigenvalue weighted by molar-refractivity contribution is 0.102. The minimum absolute atomic E-state index is 0.274. The van der Waals surface area contributed by atoms with Gasteiger partial charge in [-0.1, -0.05) is 29.4 Å². The number of rotatable bonds is 5. The van der Waals surface area contributed by atoms with Crippen molar-refractivity contribution in [2.45, 2.75) is 20.5 Å². The Labute approximate surface area is 155 Å². The molecule has 4 rings (SSSR count). The highest BCUT2D eigenvalue weighted by molar-refractivity contribution is 6.05. The molecule has 2 aromatic heterocycles. The smallest absolute Gasteiger partial charge is 0.261 e. The normalized spacial score (nSPS) is 10.9. The third kappa shape index (κ3) is 3.39. The van der Waals surface area contributed by atoms with Gasteiger partial charge in [0.2, 0.25) is 5.95 Å². The number of aryl methyl sites for hydroxylation is 2. The Balaban J connectivity index is 1.53. The molecule has 0 bridgehead atoms. The van der Waals surface area contributed by atoms with Crippen LogP contribution in [0.4, 0.5) is 5.95 Å². The van der Waals surface area contributed by atoms with Crippen LogP contribution in [0.5, 0.6) is 5.75 Å². The first-order valence-corrected chi connectivity index (χ1v) is 8.51. The van der Waals surface area contributed by atoms with E-state index in [9.17, 15) is 4.79 Å². The molecule has 0 saturated heterocycles. The minimum Gasteiger partial charge on any atom is -0.488 e. The van der Waals surface area contributed by atoms with Crippen molar-refractivity contribution < 1.29 is 14.1 Å². The van der Waals surface area contributed by atoms with E-state index in [4.69, 9.17) is 9.26 Å². The van der Waals surface area contributed by atoms with E-state index in [0.717, 1.165) is 22.3 Å². The van der Waals surface area contributed by atoms with Gasteiger partial charge < -0.3 is 14.2 Å². The molecule has 0 atom stereocenters. The molecule has 7 heteroatoms. The van der Waals surface area contributed by atoms with Crippen molar-refractivity contribution in [1.29, 1.82) is 0 Å². The summed E-state index contributed by atoms with van der Waals surface area (Å²) in [6.07, 6.45) is 0. The molecular weight excluding hydrogens is 344 g/mol. The first-order valence-electron chi connectivity index (χ1n) is 8.51. The average molecular weight is 362 g/mol. The van der Waals surface area contributed by atoms with Crippen LogP contribution in [-0.4, -0.2) is 21.0 Å². The predicted molar refractivity (Wildman–Crippen MR) is 101 cm³/mol. The lowest BCUT2D eigenvalue weighted by Gasteiger charge is -2.10. The zero-order valence-corrected chi connectivity index (χ0v) is 14.9. The van der Waals surface area contributed by atoms with Crippen LogP contribution in [0.15, 0.2) is 53.1 Å². The van der Waals surface area contributed by atoms with Crippen molar-refractivity contribution in [3.05, 3.63) is 71.1 Å². The number of amides is 1. The Bertz CT molecular complexity index is 1060. The number of ether oxygens (including phenoxy) is 1. The van der Waals surface area contributed by atoms with Crippen LogP contribution in [0.3, 0.4) is 0 Å². The van der Waals surface area contributed by atoms with E-state index in [-0.39, 0.29) is 12.5 Å². The largest absolute Gasteiger partial charge is 0.488 e. The monoisotopic (exact) mass is 362 g/mol. The predicted octanol–water partition coefficient (Wildman–Crippen LogP) is 4.00. The fraction of sp³-hybridized carbons (Fsp3) is 0.150. The number of benzene rings is 2. The van der Waals surface area contributed by atoms with E-state index in [1.807, 2.05) is 44.2 Å². The summed E-state index contributed by atoms with van der Waals surface area (Å²) < 4.78 is 11.0. The maximum Gasteiger partial charge on any atom is 0.261 e. The lowest BCUT2D eigenvalue weighted by Crippen LogP contribution is -2.14. The number of H-pyrrole nitrogens is 1. The SMILES string of the molecule is Cc1noc(C)c1COc1ccccc1C(=O)Nc1nc2ccccc2[nH]1. The second kappa shape index (κ2) is 6.95. The Kier molecular flexibility index (Phi) is 4.33. The van der Waals surface area contributed by atoms with E-state index >= 15 is 0 Å². The fourth-order valence-electron chi connectivity index (χ4n) is 2.82. The Morgan fingerprint density at radius 3 is 2.70 bits per heavy atom. The summed E-state index contributed by atoms with van der Waals surface area (Å²) in [6, 6.07) is 14.7. The summed E-state index contributed by atoms with van der Waals surface area (Å²) in [5.74, 6) is 1.27. The van der Waals surface area contributed by atoms with Crippen LogP contribution < -0.4 is 10.1 Å². The highest BCUT2D eigenvalue weighted by Crippen LogP contribution is 2.23. The summed E-state index contributed by atoms with van der Waals surface area (Å²) in [5.41, 5.74) is 3.72. The van der Waals surface area contributed by atoms with Crippen molar-refractivity contribution in [3.63, 3.8) is 0 Å². The summed E-state index contributed by atoms with van der Waals surface area (Å²) in [4.78, 5) is 20.2. The second-order valence-electron chi connectivity index (χ2n) is 6.14. The van der Waals surface area contributed by atoms with E-state index in [0.29, 0.717) is 23.0 Å². The number of hydrogen-bond donors (Lipinski definition) is 2.